The maximum atomic E-state index is 13.9. The van der Waals surface area contributed by atoms with Crippen molar-refractivity contribution in [2.75, 3.05) is 6.61 Å². The van der Waals surface area contributed by atoms with Gasteiger partial charge >= 0.3 is 5.97 Å². The summed E-state index contributed by atoms with van der Waals surface area (Å²) in [6.07, 6.45) is 5.75. The highest BCUT2D eigenvalue weighted by Crippen LogP contribution is 2.33. The molecule has 0 amide bonds. The van der Waals surface area contributed by atoms with Crippen molar-refractivity contribution < 1.29 is 23.5 Å². The highest BCUT2D eigenvalue weighted by molar-refractivity contribution is 5.89. The number of aromatic amines is 1. The van der Waals surface area contributed by atoms with Gasteiger partial charge in [0, 0.05) is 52.2 Å². The predicted molar refractivity (Wildman–Crippen MR) is 156 cm³/mol. The SMILES string of the molecule is Cc1cc(-c2ncccc2-c2ccc3c(OC=O)nc(C(=O)OC[C@@H](N)Cc4c[nH]c5ccccc45)n3c2)ccc1F. The zero-order valence-corrected chi connectivity index (χ0v) is 22.6. The lowest BCUT2D eigenvalue weighted by Gasteiger charge is -2.12. The first-order valence-corrected chi connectivity index (χ1v) is 13.2. The van der Waals surface area contributed by atoms with Crippen LogP contribution in [-0.2, 0) is 16.0 Å². The van der Waals surface area contributed by atoms with Crippen LogP contribution < -0.4 is 10.5 Å². The second-order valence-electron chi connectivity index (χ2n) is 9.91. The number of H-pyrrole nitrogens is 1. The maximum Gasteiger partial charge on any atom is 0.375 e. The molecule has 1 atom stereocenters. The quantitative estimate of drug-likeness (QED) is 0.182. The Kier molecular flexibility index (Phi) is 7.20. The summed E-state index contributed by atoms with van der Waals surface area (Å²) in [7, 11) is 0. The van der Waals surface area contributed by atoms with Gasteiger partial charge in [-0.3, -0.25) is 14.2 Å². The van der Waals surface area contributed by atoms with Crippen LogP contribution in [0.15, 0.2) is 85.3 Å². The lowest BCUT2D eigenvalue weighted by molar-refractivity contribution is -0.120. The number of esters is 1. The third-order valence-electron chi connectivity index (χ3n) is 7.08. The van der Waals surface area contributed by atoms with Crippen molar-refractivity contribution >= 4 is 28.9 Å². The highest BCUT2D eigenvalue weighted by atomic mass is 19.1. The fourth-order valence-corrected chi connectivity index (χ4v) is 5.04. The molecule has 0 saturated carbocycles. The molecular formula is C32H26FN5O4. The summed E-state index contributed by atoms with van der Waals surface area (Å²) < 4.78 is 26.1. The number of hydrogen-bond donors (Lipinski definition) is 2. The molecule has 4 heterocycles. The van der Waals surface area contributed by atoms with Gasteiger partial charge < -0.3 is 20.2 Å². The first-order valence-electron chi connectivity index (χ1n) is 13.2. The smallest absolute Gasteiger partial charge is 0.375 e. The molecule has 9 nitrogen and oxygen atoms in total. The third-order valence-corrected chi connectivity index (χ3v) is 7.08. The van der Waals surface area contributed by atoms with Gasteiger partial charge in [-0.1, -0.05) is 30.3 Å². The number of carbonyl (C=O) groups excluding carboxylic acids is 2. The van der Waals surface area contributed by atoms with Crippen molar-refractivity contribution in [2.24, 2.45) is 5.73 Å². The Hall–Kier alpha value is -5.35. The van der Waals surface area contributed by atoms with E-state index in [2.05, 4.69) is 15.0 Å². The van der Waals surface area contributed by atoms with Crippen molar-refractivity contribution in [3.8, 4) is 28.3 Å². The van der Waals surface area contributed by atoms with Gasteiger partial charge in [0.25, 0.3) is 6.47 Å². The predicted octanol–water partition coefficient (Wildman–Crippen LogP) is 5.25. The van der Waals surface area contributed by atoms with E-state index in [4.69, 9.17) is 15.2 Å². The minimum Gasteiger partial charge on any atom is -0.458 e. The molecule has 0 fully saturated rings. The number of aromatic nitrogens is 4. The number of nitrogens with one attached hydrogen (secondary N) is 1. The Labute approximate surface area is 239 Å². The molecule has 10 heteroatoms. The van der Waals surface area contributed by atoms with Gasteiger partial charge in [0.1, 0.15) is 17.9 Å². The molecule has 6 rings (SSSR count). The number of hydrogen-bond acceptors (Lipinski definition) is 7. The fourth-order valence-electron chi connectivity index (χ4n) is 5.04. The second kappa shape index (κ2) is 11.3. The Bertz CT molecular complexity index is 1950. The molecule has 210 valence electrons. The molecule has 3 N–H and O–H groups in total. The summed E-state index contributed by atoms with van der Waals surface area (Å²) in [6, 6.07) is 19.4. The molecule has 2 aromatic carbocycles. The van der Waals surface area contributed by atoms with Crippen LogP contribution in [0.25, 0.3) is 38.8 Å². The van der Waals surface area contributed by atoms with Crippen molar-refractivity contribution in [1.82, 2.24) is 19.4 Å². The standard InChI is InChI=1S/C32H26FN5O4/c1-19-13-20(8-10-26(19)33)29-25(6-4-12-35-29)21-9-11-28-31(42-18-39)37-30(38(28)16-21)32(40)41-17-23(34)14-22-15-36-27-7-3-2-5-24(22)27/h2-13,15-16,18,23,36H,14,17,34H2,1H3/t23-/m0/s1. The molecule has 0 aliphatic heterocycles. The summed E-state index contributed by atoms with van der Waals surface area (Å²) >= 11 is 0. The monoisotopic (exact) mass is 563 g/mol. The molecule has 0 unspecified atom stereocenters. The third kappa shape index (κ3) is 5.11. The summed E-state index contributed by atoms with van der Waals surface area (Å²) in [4.78, 5) is 36.4. The van der Waals surface area contributed by atoms with Crippen LogP contribution >= 0.6 is 0 Å². The van der Waals surface area contributed by atoms with Gasteiger partial charge in [-0.2, -0.15) is 4.98 Å². The zero-order valence-electron chi connectivity index (χ0n) is 22.6. The Balaban J connectivity index is 1.29. The number of aryl methyl sites for hydroxylation is 1. The number of carbonyl (C=O) groups is 2. The minimum absolute atomic E-state index is 0.0350. The normalized spacial score (nSPS) is 12.0. The molecule has 0 radical (unpaired) electrons. The first-order chi connectivity index (χ1) is 20.4. The number of rotatable bonds is 9. The van der Waals surface area contributed by atoms with Gasteiger partial charge in [-0.15, -0.1) is 0 Å². The lowest BCUT2D eigenvalue weighted by atomic mass is 9.99. The van der Waals surface area contributed by atoms with E-state index >= 15 is 0 Å². The summed E-state index contributed by atoms with van der Waals surface area (Å²) in [5.74, 6) is -1.14. The number of ether oxygens (including phenoxy) is 2. The van der Waals surface area contributed by atoms with Crippen LogP contribution in [0.5, 0.6) is 5.88 Å². The van der Waals surface area contributed by atoms with Crippen LogP contribution in [0.2, 0.25) is 0 Å². The summed E-state index contributed by atoms with van der Waals surface area (Å²) in [5.41, 5.74) is 12.1. The van der Waals surface area contributed by atoms with Crippen molar-refractivity contribution in [1.29, 1.82) is 0 Å². The second-order valence-corrected chi connectivity index (χ2v) is 9.91. The number of nitrogens with zero attached hydrogens (tertiary/aromatic N) is 3. The topological polar surface area (TPSA) is 125 Å². The zero-order chi connectivity index (χ0) is 29.2. The fraction of sp³-hybridized carbons (Fsp3) is 0.125. The Morgan fingerprint density at radius 2 is 1.95 bits per heavy atom. The van der Waals surface area contributed by atoms with E-state index in [1.165, 1.54) is 10.5 Å². The Morgan fingerprint density at radius 1 is 1.12 bits per heavy atom. The average molecular weight is 564 g/mol. The molecule has 0 spiro atoms. The van der Waals surface area contributed by atoms with E-state index in [9.17, 15) is 14.0 Å². The molecule has 0 aliphatic rings. The van der Waals surface area contributed by atoms with Gasteiger partial charge in [0.05, 0.1) is 5.69 Å². The molecular weight excluding hydrogens is 537 g/mol. The van der Waals surface area contributed by atoms with Gasteiger partial charge in [0.15, 0.2) is 0 Å². The van der Waals surface area contributed by atoms with E-state index < -0.39 is 12.0 Å². The van der Waals surface area contributed by atoms with Crippen molar-refractivity contribution in [3.05, 3.63) is 108 Å². The van der Waals surface area contributed by atoms with E-state index in [0.717, 1.165) is 27.6 Å². The van der Waals surface area contributed by atoms with E-state index in [0.29, 0.717) is 28.8 Å². The summed E-state index contributed by atoms with van der Waals surface area (Å²) in [5, 5.41) is 1.06. The molecule has 4 aromatic heterocycles. The Morgan fingerprint density at radius 3 is 2.79 bits per heavy atom. The van der Waals surface area contributed by atoms with E-state index in [1.807, 2.05) is 36.5 Å². The molecule has 0 bridgehead atoms. The summed E-state index contributed by atoms with van der Waals surface area (Å²) in [6.45, 7) is 1.89. The molecule has 6 aromatic rings. The molecule has 0 aliphatic carbocycles. The lowest BCUT2D eigenvalue weighted by Crippen LogP contribution is -2.30. The van der Waals surface area contributed by atoms with Gasteiger partial charge in [-0.25, -0.2) is 9.18 Å². The van der Waals surface area contributed by atoms with Crippen LogP contribution in [-0.4, -0.2) is 44.4 Å². The number of para-hydroxylation sites is 1. The average Bonchev–Trinajstić information content (AvgIpc) is 3.58. The van der Waals surface area contributed by atoms with Crippen molar-refractivity contribution in [3.63, 3.8) is 0 Å². The van der Waals surface area contributed by atoms with E-state index in [-0.39, 0.29) is 30.6 Å². The number of pyridine rings is 2. The van der Waals surface area contributed by atoms with Crippen molar-refractivity contribution in [2.45, 2.75) is 19.4 Å². The largest absolute Gasteiger partial charge is 0.458 e. The van der Waals surface area contributed by atoms with Crippen LogP contribution in [0, 0.1) is 12.7 Å². The highest BCUT2D eigenvalue weighted by Gasteiger charge is 2.22. The maximum absolute atomic E-state index is 13.9. The first kappa shape index (κ1) is 26.9. The number of benzene rings is 2. The minimum atomic E-state index is -0.724. The molecule has 0 saturated heterocycles. The van der Waals surface area contributed by atoms with Gasteiger partial charge in [0.2, 0.25) is 11.7 Å². The van der Waals surface area contributed by atoms with Crippen LogP contribution in [0.1, 0.15) is 21.7 Å². The number of halogens is 1. The molecule has 42 heavy (non-hydrogen) atoms. The van der Waals surface area contributed by atoms with E-state index in [1.54, 1.807) is 49.6 Å². The van der Waals surface area contributed by atoms with Gasteiger partial charge in [-0.05, 0) is 60.9 Å². The number of imidazole rings is 1. The van der Waals surface area contributed by atoms with Crippen LogP contribution in [0.3, 0.4) is 0 Å². The number of nitrogens with two attached hydrogens (primary N) is 1. The van der Waals surface area contributed by atoms with Crippen LogP contribution in [0.4, 0.5) is 4.39 Å². The number of fused-ring (bicyclic) bond motifs is 2.